The van der Waals surface area contributed by atoms with Crippen molar-refractivity contribution in [3.63, 3.8) is 0 Å². The average Bonchev–Trinajstić information content (AvgIpc) is 2.91. The number of fused-ring (bicyclic) bond motifs is 1. The molecule has 0 aromatic heterocycles. The highest BCUT2D eigenvalue weighted by atomic mass is 16.6. The van der Waals surface area contributed by atoms with E-state index in [2.05, 4.69) is 0 Å². The normalized spacial score (nSPS) is 22.7. The van der Waals surface area contributed by atoms with Gasteiger partial charge in [0.15, 0.2) is 0 Å². The molecule has 0 radical (unpaired) electrons. The van der Waals surface area contributed by atoms with E-state index in [1.54, 1.807) is 6.07 Å². The number of rotatable bonds is 2. The zero-order valence-electron chi connectivity index (χ0n) is 13.0. The zero-order valence-corrected chi connectivity index (χ0v) is 13.0. The highest BCUT2D eigenvalue weighted by Crippen LogP contribution is 2.45. The van der Waals surface area contributed by atoms with Crippen molar-refractivity contribution in [3.05, 3.63) is 27.8 Å². The molecule has 0 amide bonds. The molecule has 3 aliphatic rings. The quantitative estimate of drug-likeness (QED) is 0.612. The van der Waals surface area contributed by atoms with Crippen LogP contribution in [0.4, 0.5) is 11.4 Å². The van der Waals surface area contributed by atoms with Crippen LogP contribution in [0.2, 0.25) is 0 Å². The van der Waals surface area contributed by atoms with Crippen molar-refractivity contribution in [2.75, 3.05) is 44.4 Å². The summed E-state index contributed by atoms with van der Waals surface area (Å²) in [5, 5.41) is 11.5. The molecule has 4 rings (SSSR count). The van der Waals surface area contributed by atoms with E-state index < -0.39 is 0 Å². The maximum Gasteiger partial charge on any atom is 0.293 e. The van der Waals surface area contributed by atoms with Crippen molar-refractivity contribution >= 4 is 11.4 Å². The van der Waals surface area contributed by atoms with Crippen LogP contribution in [0.1, 0.15) is 18.4 Å². The molecule has 124 valence electrons. The molecule has 7 heteroatoms. The number of nitro groups is 1. The van der Waals surface area contributed by atoms with Gasteiger partial charge in [0.1, 0.15) is 17.0 Å². The third-order valence-corrected chi connectivity index (χ3v) is 4.95. The fraction of sp³-hybridized carbons (Fsp3) is 0.625. The Morgan fingerprint density at radius 3 is 2.48 bits per heavy atom. The van der Waals surface area contributed by atoms with E-state index in [0.717, 1.165) is 30.6 Å². The molecule has 2 saturated heterocycles. The maximum atomic E-state index is 11.5. The predicted molar refractivity (Wildman–Crippen MR) is 83.2 cm³/mol. The molecule has 2 fully saturated rings. The molecule has 0 atom stereocenters. The standard InChI is InChI=1S/C16H20N2O5/c19-18(20)14-9-12-11-16(1-5-21-6-2-16)23-15(12)10-13(14)17-3-7-22-8-4-17/h9-10H,1-8,11H2. The number of morpholine rings is 1. The minimum atomic E-state index is -0.292. The monoisotopic (exact) mass is 320 g/mol. The fourth-order valence-corrected chi connectivity index (χ4v) is 3.68. The highest BCUT2D eigenvalue weighted by Gasteiger charge is 2.42. The molecule has 0 N–H and O–H groups in total. The smallest absolute Gasteiger partial charge is 0.293 e. The summed E-state index contributed by atoms with van der Waals surface area (Å²) >= 11 is 0. The molecule has 1 aromatic rings. The summed E-state index contributed by atoms with van der Waals surface area (Å²) < 4.78 is 17.0. The lowest BCUT2D eigenvalue weighted by Crippen LogP contribution is -2.40. The van der Waals surface area contributed by atoms with E-state index in [4.69, 9.17) is 14.2 Å². The van der Waals surface area contributed by atoms with Gasteiger partial charge in [0, 0.05) is 50.0 Å². The van der Waals surface area contributed by atoms with Crippen LogP contribution in [0, 0.1) is 10.1 Å². The van der Waals surface area contributed by atoms with Gasteiger partial charge in [-0.3, -0.25) is 10.1 Å². The number of nitrogens with zero attached hydrogens (tertiary/aromatic N) is 2. The molecule has 0 saturated carbocycles. The maximum absolute atomic E-state index is 11.5. The number of hydrogen-bond acceptors (Lipinski definition) is 6. The summed E-state index contributed by atoms with van der Waals surface area (Å²) in [6, 6.07) is 3.55. The Bertz CT molecular complexity index is 621. The summed E-state index contributed by atoms with van der Waals surface area (Å²) in [7, 11) is 0. The molecular formula is C16H20N2O5. The van der Waals surface area contributed by atoms with Gasteiger partial charge in [-0.25, -0.2) is 0 Å². The molecule has 1 aromatic carbocycles. The third-order valence-electron chi connectivity index (χ3n) is 4.95. The zero-order chi connectivity index (χ0) is 15.9. The highest BCUT2D eigenvalue weighted by molar-refractivity contribution is 5.69. The van der Waals surface area contributed by atoms with Gasteiger partial charge < -0.3 is 19.1 Å². The summed E-state index contributed by atoms with van der Waals surface area (Å²) in [6.07, 6.45) is 2.40. The van der Waals surface area contributed by atoms with E-state index in [-0.39, 0.29) is 16.2 Å². The number of nitro benzene ring substituents is 1. The van der Waals surface area contributed by atoms with Crippen molar-refractivity contribution < 1.29 is 19.1 Å². The van der Waals surface area contributed by atoms with E-state index in [0.29, 0.717) is 45.2 Å². The van der Waals surface area contributed by atoms with Crippen molar-refractivity contribution in [1.29, 1.82) is 0 Å². The Morgan fingerprint density at radius 1 is 1.09 bits per heavy atom. The van der Waals surface area contributed by atoms with Crippen LogP contribution < -0.4 is 9.64 Å². The van der Waals surface area contributed by atoms with Gasteiger partial charge in [0.2, 0.25) is 0 Å². The van der Waals surface area contributed by atoms with Gasteiger partial charge in [-0.1, -0.05) is 0 Å². The molecule has 3 heterocycles. The Kier molecular flexibility index (Phi) is 3.61. The molecule has 23 heavy (non-hydrogen) atoms. The van der Waals surface area contributed by atoms with Crippen molar-refractivity contribution in [2.45, 2.75) is 24.9 Å². The topological polar surface area (TPSA) is 74.1 Å². The molecular weight excluding hydrogens is 300 g/mol. The van der Waals surface area contributed by atoms with Gasteiger partial charge in [-0.05, 0) is 0 Å². The first kappa shape index (κ1) is 14.7. The van der Waals surface area contributed by atoms with Crippen molar-refractivity contribution in [3.8, 4) is 5.75 Å². The van der Waals surface area contributed by atoms with E-state index in [1.807, 2.05) is 11.0 Å². The second-order valence-corrected chi connectivity index (χ2v) is 6.38. The number of benzene rings is 1. The number of hydrogen-bond donors (Lipinski definition) is 0. The lowest BCUT2D eigenvalue weighted by molar-refractivity contribution is -0.384. The largest absolute Gasteiger partial charge is 0.486 e. The molecule has 0 unspecified atom stereocenters. The van der Waals surface area contributed by atoms with E-state index in [9.17, 15) is 10.1 Å². The van der Waals surface area contributed by atoms with Crippen LogP contribution in [-0.2, 0) is 15.9 Å². The second kappa shape index (κ2) is 5.65. The third kappa shape index (κ3) is 2.64. The molecule has 0 aliphatic carbocycles. The first-order valence-electron chi connectivity index (χ1n) is 8.08. The van der Waals surface area contributed by atoms with Crippen LogP contribution in [0.25, 0.3) is 0 Å². The minimum absolute atomic E-state index is 0.165. The van der Waals surface area contributed by atoms with Gasteiger partial charge in [-0.2, -0.15) is 0 Å². The fourth-order valence-electron chi connectivity index (χ4n) is 3.68. The van der Waals surface area contributed by atoms with Crippen molar-refractivity contribution in [1.82, 2.24) is 0 Å². The van der Waals surface area contributed by atoms with Gasteiger partial charge in [0.25, 0.3) is 5.69 Å². The van der Waals surface area contributed by atoms with Crippen LogP contribution in [0.5, 0.6) is 5.75 Å². The number of ether oxygens (including phenoxy) is 3. The van der Waals surface area contributed by atoms with Gasteiger partial charge >= 0.3 is 0 Å². The van der Waals surface area contributed by atoms with Crippen molar-refractivity contribution in [2.24, 2.45) is 0 Å². The lowest BCUT2D eigenvalue weighted by atomic mass is 9.89. The Hall–Kier alpha value is -1.86. The van der Waals surface area contributed by atoms with Crippen LogP contribution in [-0.4, -0.2) is 50.0 Å². The molecule has 7 nitrogen and oxygen atoms in total. The number of anilines is 1. The summed E-state index contributed by atoms with van der Waals surface area (Å²) in [4.78, 5) is 13.2. The Labute approximate surface area is 134 Å². The van der Waals surface area contributed by atoms with Crippen LogP contribution in [0.15, 0.2) is 12.1 Å². The minimum Gasteiger partial charge on any atom is -0.486 e. The summed E-state index contributed by atoms with van der Waals surface area (Å²) in [5.41, 5.74) is 1.51. The van der Waals surface area contributed by atoms with E-state index >= 15 is 0 Å². The van der Waals surface area contributed by atoms with Gasteiger partial charge in [-0.15, -0.1) is 0 Å². The van der Waals surface area contributed by atoms with Crippen LogP contribution >= 0.6 is 0 Å². The molecule has 0 bridgehead atoms. The Balaban J connectivity index is 1.69. The van der Waals surface area contributed by atoms with E-state index in [1.165, 1.54) is 0 Å². The van der Waals surface area contributed by atoms with Gasteiger partial charge in [0.05, 0.1) is 31.4 Å². The summed E-state index contributed by atoms with van der Waals surface area (Å²) in [5.74, 6) is 0.791. The first-order chi connectivity index (χ1) is 11.2. The second-order valence-electron chi connectivity index (χ2n) is 6.38. The lowest BCUT2D eigenvalue weighted by Gasteiger charge is -2.32. The molecule has 3 aliphatic heterocycles. The summed E-state index contributed by atoms with van der Waals surface area (Å²) in [6.45, 7) is 3.89. The Morgan fingerprint density at radius 2 is 1.78 bits per heavy atom. The molecule has 1 spiro atoms. The first-order valence-corrected chi connectivity index (χ1v) is 8.08. The SMILES string of the molecule is O=[N+]([O-])c1cc2c(cc1N1CCOCC1)OC1(CCOCC1)C2. The predicted octanol–water partition coefficient (Wildman–Crippen LogP) is 1.92. The van der Waals surface area contributed by atoms with Crippen LogP contribution in [0.3, 0.4) is 0 Å². The average molecular weight is 320 g/mol.